The molecule has 8 nitrogen and oxygen atoms in total. The van der Waals surface area contributed by atoms with Crippen molar-refractivity contribution in [3.05, 3.63) is 60.7 Å². The van der Waals surface area contributed by atoms with Crippen molar-refractivity contribution < 1.29 is 4.92 Å². The third-order valence-corrected chi connectivity index (χ3v) is 3.84. The Balaban J connectivity index is 2.39. The number of anilines is 1. The molecule has 9 heteroatoms. The smallest absolute Gasteiger partial charge is 0.293 e. The lowest BCUT2D eigenvalue weighted by Gasteiger charge is -2.09. The first-order valence-corrected chi connectivity index (χ1v) is 6.68. The molecule has 0 saturated carbocycles. The predicted octanol–water partition coefficient (Wildman–Crippen LogP) is 1.56. The van der Waals surface area contributed by atoms with Crippen molar-refractivity contribution in [1.82, 2.24) is 9.55 Å². The van der Waals surface area contributed by atoms with E-state index in [2.05, 4.69) is 26.3 Å². The number of nitrogens with two attached hydrogens (primary N) is 1. The molecule has 0 unspecified atom stereocenters. The van der Waals surface area contributed by atoms with Crippen LogP contribution >= 0.6 is 15.9 Å². The van der Waals surface area contributed by atoms with Gasteiger partial charge in [-0.25, -0.2) is 4.98 Å². The quantitative estimate of drug-likeness (QED) is 0.489. The molecule has 110 valence electrons. The Labute approximate surface area is 127 Å². The van der Waals surface area contributed by atoms with Gasteiger partial charge in [0, 0.05) is 6.07 Å². The van der Waals surface area contributed by atoms with Gasteiger partial charge in [-0.1, -0.05) is 6.07 Å². The molecule has 1 heterocycles. The molecule has 0 fully saturated rings. The molecule has 0 aliphatic heterocycles. The molecule has 2 rings (SSSR count). The molecule has 0 spiro atoms. The number of nitrogens with zero attached hydrogens (tertiary/aromatic N) is 3. The van der Waals surface area contributed by atoms with Gasteiger partial charge in [-0.15, -0.1) is 0 Å². The van der Waals surface area contributed by atoms with Gasteiger partial charge in [0.05, 0.1) is 23.5 Å². The van der Waals surface area contributed by atoms with Crippen LogP contribution in [0.25, 0.3) is 0 Å². The minimum absolute atomic E-state index is 0.128. The van der Waals surface area contributed by atoms with E-state index >= 15 is 0 Å². The van der Waals surface area contributed by atoms with Crippen molar-refractivity contribution in [2.24, 2.45) is 5.84 Å². The van der Waals surface area contributed by atoms with Gasteiger partial charge in [0.25, 0.3) is 11.2 Å². The Kier molecular flexibility index (Phi) is 4.34. The summed E-state index contributed by atoms with van der Waals surface area (Å²) < 4.78 is 1.79. The van der Waals surface area contributed by atoms with E-state index in [9.17, 15) is 14.9 Å². The van der Waals surface area contributed by atoms with E-state index < -0.39 is 4.92 Å². The molecule has 0 aliphatic rings. The highest BCUT2D eigenvalue weighted by molar-refractivity contribution is 9.10. The number of benzene rings is 1. The van der Waals surface area contributed by atoms with E-state index in [0.29, 0.717) is 15.7 Å². The largest absolute Gasteiger partial charge is 0.318 e. The average Bonchev–Trinajstić information content (AvgIpc) is 2.47. The zero-order chi connectivity index (χ0) is 15.6. The number of halogens is 1. The maximum Gasteiger partial charge on any atom is 0.293 e. The molecular formula is C12H12BrN5O3. The van der Waals surface area contributed by atoms with Crippen molar-refractivity contribution in [1.29, 1.82) is 0 Å². The standard InChI is InChI=1S/C12H12BrN5O3/c1-7-11(13)12(19)17(6-15-7)5-8-2-3-10(18(20)21)9(4-8)16-14/h2-4,6,16H,5,14H2,1H3. The highest BCUT2D eigenvalue weighted by Gasteiger charge is 2.14. The number of hydrogen-bond donors (Lipinski definition) is 2. The summed E-state index contributed by atoms with van der Waals surface area (Å²) in [6.45, 7) is 1.95. The Morgan fingerprint density at radius 1 is 1.52 bits per heavy atom. The highest BCUT2D eigenvalue weighted by Crippen LogP contribution is 2.24. The number of rotatable bonds is 4. The summed E-state index contributed by atoms with van der Waals surface area (Å²) in [6, 6.07) is 4.43. The zero-order valence-electron chi connectivity index (χ0n) is 11.0. The Hall–Kier alpha value is -2.26. The fourth-order valence-corrected chi connectivity index (χ4v) is 2.14. The summed E-state index contributed by atoms with van der Waals surface area (Å²) in [6.07, 6.45) is 1.43. The molecule has 1 aromatic carbocycles. The number of aryl methyl sites for hydroxylation is 1. The number of nitrogens with one attached hydrogen (secondary N) is 1. The van der Waals surface area contributed by atoms with Crippen molar-refractivity contribution in [3.63, 3.8) is 0 Å². The number of hydrogen-bond acceptors (Lipinski definition) is 6. The van der Waals surface area contributed by atoms with Crippen LogP contribution in [0.1, 0.15) is 11.3 Å². The van der Waals surface area contributed by atoms with Crippen LogP contribution in [0.15, 0.2) is 33.8 Å². The molecule has 0 radical (unpaired) electrons. The number of nitrogen functional groups attached to an aromatic ring is 1. The van der Waals surface area contributed by atoms with Crippen LogP contribution in [-0.2, 0) is 6.54 Å². The van der Waals surface area contributed by atoms with Gasteiger partial charge in [-0.2, -0.15) is 0 Å². The molecule has 0 bridgehead atoms. The van der Waals surface area contributed by atoms with Crippen LogP contribution in [0.3, 0.4) is 0 Å². The van der Waals surface area contributed by atoms with Gasteiger partial charge in [0.2, 0.25) is 0 Å². The van der Waals surface area contributed by atoms with E-state index in [0.717, 1.165) is 0 Å². The lowest BCUT2D eigenvalue weighted by molar-refractivity contribution is -0.384. The van der Waals surface area contributed by atoms with Crippen LogP contribution in [-0.4, -0.2) is 14.5 Å². The second-order valence-corrected chi connectivity index (χ2v) is 5.12. The molecule has 1 aromatic heterocycles. The normalized spacial score (nSPS) is 10.4. The maximum atomic E-state index is 12.1. The third-order valence-electron chi connectivity index (χ3n) is 2.92. The summed E-state index contributed by atoms with van der Waals surface area (Å²) in [5.41, 5.74) is 3.41. The summed E-state index contributed by atoms with van der Waals surface area (Å²) in [5.74, 6) is 5.28. The van der Waals surface area contributed by atoms with Gasteiger partial charge < -0.3 is 5.43 Å². The fraction of sp³-hybridized carbons (Fsp3) is 0.167. The minimum Gasteiger partial charge on any atom is -0.318 e. The van der Waals surface area contributed by atoms with Crippen LogP contribution in [0.4, 0.5) is 11.4 Å². The molecule has 21 heavy (non-hydrogen) atoms. The number of nitro groups is 1. The minimum atomic E-state index is -0.533. The van der Waals surface area contributed by atoms with Gasteiger partial charge in [-0.05, 0) is 34.5 Å². The molecule has 0 saturated heterocycles. The molecule has 0 aliphatic carbocycles. The second kappa shape index (κ2) is 6.02. The topological polar surface area (TPSA) is 116 Å². The van der Waals surface area contributed by atoms with E-state index in [4.69, 9.17) is 5.84 Å². The van der Waals surface area contributed by atoms with Crippen molar-refractivity contribution in [2.45, 2.75) is 13.5 Å². The summed E-state index contributed by atoms with van der Waals surface area (Å²) in [7, 11) is 0. The molecule has 0 atom stereocenters. The van der Waals surface area contributed by atoms with Crippen LogP contribution < -0.4 is 16.8 Å². The summed E-state index contributed by atoms with van der Waals surface area (Å²) in [4.78, 5) is 26.4. The predicted molar refractivity (Wildman–Crippen MR) is 80.9 cm³/mol. The SMILES string of the molecule is Cc1ncn(Cc2ccc([N+](=O)[O-])c(NN)c2)c(=O)c1Br. The fourth-order valence-electron chi connectivity index (χ4n) is 1.81. The number of aromatic nitrogens is 2. The van der Waals surface area contributed by atoms with Crippen molar-refractivity contribution >= 4 is 27.3 Å². The van der Waals surface area contributed by atoms with Gasteiger partial charge in [0.1, 0.15) is 10.2 Å². The van der Waals surface area contributed by atoms with E-state index in [1.54, 1.807) is 13.0 Å². The Morgan fingerprint density at radius 3 is 2.86 bits per heavy atom. The molecule has 2 aromatic rings. The van der Waals surface area contributed by atoms with Crippen molar-refractivity contribution in [2.75, 3.05) is 5.43 Å². The lowest BCUT2D eigenvalue weighted by Crippen LogP contribution is -2.22. The third kappa shape index (κ3) is 3.09. The summed E-state index contributed by atoms with van der Waals surface area (Å²) in [5, 5.41) is 10.8. The lowest BCUT2D eigenvalue weighted by atomic mass is 10.1. The molecule has 3 N–H and O–H groups in total. The first-order chi connectivity index (χ1) is 9.93. The van der Waals surface area contributed by atoms with Gasteiger partial charge >= 0.3 is 0 Å². The van der Waals surface area contributed by atoms with E-state index in [1.165, 1.54) is 23.0 Å². The zero-order valence-corrected chi connectivity index (χ0v) is 12.6. The second-order valence-electron chi connectivity index (χ2n) is 4.33. The van der Waals surface area contributed by atoms with Gasteiger partial charge in [0.15, 0.2) is 0 Å². The van der Waals surface area contributed by atoms with E-state index in [1.807, 2.05) is 0 Å². The van der Waals surface area contributed by atoms with E-state index in [-0.39, 0.29) is 23.5 Å². The van der Waals surface area contributed by atoms with Crippen LogP contribution in [0.2, 0.25) is 0 Å². The van der Waals surface area contributed by atoms with Crippen LogP contribution in [0, 0.1) is 17.0 Å². The highest BCUT2D eigenvalue weighted by atomic mass is 79.9. The summed E-state index contributed by atoms with van der Waals surface area (Å²) >= 11 is 3.18. The Bertz CT molecular complexity index is 759. The first kappa shape index (κ1) is 15.1. The monoisotopic (exact) mass is 353 g/mol. The average molecular weight is 354 g/mol. The van der Waals surface area contributed by atoms with Gasteiger partial charge in [-0.3, -0.25) is 25.3 Å². The Morgan fingerprint density at radius 2 is 2.24 bits per heavy atom. The number of nitro benzene ring substituents is 1. The van der Waals surface area contributed by atoms with Crippen molar-refractivity contribution in [3.8, 4) is 0 Å². The molecular weight excluding hydrogens is 342 g/mol. The molecule has 0 amide bonds. The number of hydrazine groups is 1. The first-order valence-electron chi connectivity index (χ1n) is 5.89. The maximum absolute atomic E-state index is 12.1. The van der Waals surface area contributed by atoms with Crippen LogP contribution in [0.5, 0.6) is 0 Å².